The molecule has 0 saturated heterocycles. The van der Waals surface area contributed by atoms with Crippen LogP contribution in [-0.2, 0) is 6.54 Å². The monoisotopic (exact) mass is 401 g/mol. The van der Waals surface area contributed by atoms with Crippen molar-refractivity contribution in [3.63, 3.8) is 0 Å². The Morgan fingerprint density at radius 2 is 1.83 bits per heavy atom. The first-order chi connectivity index (χ1) is 11.8. The zero-order valence-corrected chi connectivity index (χ0v) is 16.0. The van der Waals surface area contributed by atoms with E-state index in [1.807, 2.05) is 37.4 Å². The molecule has 0 radical (unpaired) electrons. The van der Waals surface area contributed by atoms with Crippen molar-refractivity contribution in [2.24, 2.45) is 4.99 Å². The van der Waals surface area contributed by atoms with Crippen LogP contribution >= 0.6 is 27.3 Å². The van der Waals surface area contributed by atoms with Crippen molar-refractivity contribution in [1.29, 1.82) is 0 Å². The molecular weight excluding hydrogens is 382 g/mol. The largest absolute Gasteiger partial charge is 0.320 e. The highest BCUT2D eigenvalue weighted by Gasteiger charge is 2.08. The van der Waals surface area contributed by atoms with Gasteiger partial charge < -0.3 is 9.88 Å². The minimum Gasteiger partial charge on any atom is -0.320 e. The minimum atomic E-state index is 0.946. The summed E-state index contributed by atoms with van der Waals surface area (Å²) in [5, 5.41) is 5.42. The van der Waals surface area contributed by atoms with E-state index < -0.39 is 0 Å². The van der Waals surface area contributed by atoms with Gasteiger partial charge in [-0.1, -0.05) is 46.3 Å². The number of hydrogen-bond donors (Lipinski definition) is 1. The van der Waals surface area contributed by atoms with Crippen LogP contribution in [0.5, 0.6) is 0 Å². The zero-order chi connectivity index (χ0) is 16.8. The second-order valence-corrected chi connectivity index (χ2v) is 7.22. The van der Waals surface area contributed by atoms with Gasteiger partial charge in [-0.15, -0.1) is 11.3 Å². The van der Waals surface area contributed by atoms with Gasteiger partial charge in [0.05, 0.1) is 11.4 Å². The number of para-hydroxylation sites is 1. The molecule has 3 rings (SSSR count). The van der Waals surface area contributed by atoms with Crippen molar-refractivity contribution in [3.8, 4) is 11.3 Å². The lowest BCUT2D eigenvalue weighted by Gasteiger charge is -2.09. The molecule has 0 aliphatic heterocycles. The smallest absolute Gasteiger partial charge is 0.190 e. The standard InChI is InChI=1S/C19H20BrN3S/c1-21-12-5-13-23-18(15-8-10-16(20)11-9-15)14-24-19(23)22-17-6-3-2-4-7-17/h2-4,6-11,14,21H,5,12-13H2,1H3/b22-19+. The van der Waals surface area contributed by atoms with Crippen LogP contribution in [0.25, 0.3) is 11.3 Å². The van der Waals surface area contributed by atoms with Gasteiger partial charge in [0.2, 0.25) is 0 Å². The van der Waals surface area contributed by atoms with Crippen molar-refractivity contribution in [3.05, 3.63) is 69.3 Å². The Morgan fingerprint density at radius 1 is 1.08 bits per heavy atom. The quantitative estimate of drug-likeness (QED) is 0.589. The average Bonchev–Trinajstić information content (AvgIpc) is 2.99. The van der Waals surface area contributed by atoms with Crippen LogP contribution in [0.2, 0.25) is 0 Å². The summed E-state index contributed by atoms with van der Waals surface area (Å²) in [4.78, 5) is 5.87. The van der Waals surface area contributed by atoms with Crippen LogP contribution in [0.3, 0.4) is 0 Å². The van der Waals surface area contributed by atoms with Crippen molar-refractivity contribution in [2.45, 2.75) is 13.0 Å². The molecule has 24 heavy (non-hydrogen) atoms. The van der Waals surface area contributed by atoms with Crippen LogP contribution in [0.4, 0.5) is 5.69 Å². The molecule has 2 aromatic carbocycles. The molecule has 5 heteroatoms. The topological polar surface area (TPSA) is 29.3 Å². The summed E-state index contributed by atoms with van der Waals surface area (Å²) in [5.41, 5.74) is 3.43. The maximum atomic E-state index is 4.84. The Labute approximate surface area is 154 Å². The van der Waals surface area contributed by atoms with Crippen LogP contribution in [0, 0.1) is 0 Å². The first kappa shape index (κ1) is 17.1. The van der Waals surface area contributed by atoms with E-state index in [1.165, 1.54) is 11.3 Å². The van der Waals surface area contributed by atoms with Gasteiger partial charge >= 0.3 is 0 Å². The fourth-order valence-corrected chi connectivity index (χ4v) is 3.73. The Morgan fingerprint density at radius 3 is 2.54 bits per heavy atom. The fraction of sp³-hybridized carbons (Fsp3) is 0.211. The molecule has 0 saturated carbocycles. The molecule has 0 bridgehead atoms. The molecule has 1 heterocycles. The maximum Gasteiger partial charge on any atom is 0.190 e. The van der Waals surface area contributed by atoms with Crippen LogP contribution in [-0.4, -0.2) is 18.2 Å². The van der Waals surface area contributed by atoms with E-state index in [0.717, 1.165) is 34.5 Å². The number of hydrogen-bond acceptors (Lipinski definition) is 3. The average molecular weight is 402 g/mol. The maximum absolute atomic E-state index is 4.84. The van der Waals surface area contributed by atoms with E-state index in [1.54, 1.807) is 11.3 Å². The minimum absolute atomic E-state index is 0.946. The van der Waals surface area contributed by atoms with E-state index in [4.69, 9.17) is 4.99 Å². The van der Waals surface area contributed by atoms with Crippen molar-refractivity contribution in [1.82, 2.24) is 9.88 Å². The van der Waals surface area contributed by atoms with E-state index in [9.17, 15) is 0 Å². The highest BCUT2D eigenvalue weighted by molar-refractivity contribution is 9.10. The van der Waals surface area contributed by atoms with E-state index in [-0.39, 0.29) is 0 Å². The molecule has 0 aliphatic carbocycles. The lowest BCUT2D eigenvalue weighted by molar-refractivity contribution is 0.606. The van der Waals surface area contributed by atoms with Gasteiger partial charge in [-0.05, 0) is 49.8 Å². The molecule has 3 aromatic rings. The predicted molar refractivity (Wildman–Crippen MR) is 106 cm³/mol. The van der Waals surface area contributed by atoms with E-state index in [2.05, 4.69) is 55.5 Å². The Kier molecular flexibility index (Phi) is 6.01. The number of nitrogens with zero attached hydrogens (tertiary/aromatic N) is 2. The summed E-state index contributed by atoms with van der Waals surface area (Å²) in [6.45, 7) is 1.94. The van der Waals surface area contributed by atoms with E-state index in [0.29, 0.717) is 0 Å². The molecule has 1 N–H and O–H groups in total. The van der Waals surface area contributed by atoms with Crippen LogP contribution in [0.1, 0.15) is 6.42 Å². The molecule has 0 spiro atoms. The van der Waals surface area contributed by atoms with Gasteiger partial charge in [0.15, 0.2) is 4.80 Å². The van der Waals surface area contributed by atoms with Gasteiger partial charge in [0.25, 0.3) is 0 Å². The normalized spacial score (nSPS) is 11.8. The summed E-state index contributed by atoms with van der Waals surface area (Å²) in [5.74, 6) is 0. The third-order valence-electron chi connectivity index (χ3n) is 3.73. The molecule has 3 nitrogen and oxygen atoms in total. The molecule has 0 aliphatic rings. The summed E-state index contributed by atoms with van der Waals surface area (Å²) < 4.78 is 3.41. The summed E-state index contributed by atoms with van der Waals surface area (Å²) in [6.07, 6.45) is 1.07. The molecular formula is C19H20BrN3S. The molecule has 0 unspecified atom stereocenters. The highest BCUT2D eigenvalue weighted by Crippen LogP contribution is 2.23. The Balaban J connectivity index is 2.03. The zero-order valence-electron chi connectivity index (χ0n) is 13.6. The Hall–Kier alpha value is -1.69. The molecule has 0 fully saturated rings. The van der Waals surface area contributed by atoms with Gasteiger partial charge in [-0.25, -0.2) is 4.99 Å². The lowest BCUT2D eigenvalue weighted by atomic mass is 10.2. The molecule has 0 amide bonds. The number of aromatic nitrogens is 1. The number of nitrogens with one attached hydrogen (secondary N) is 1. The molecule has 124 valence electrons. The summed E-state index contributed by atoms with van der Waals surface area (Å²) in [6, 6.07) is 18.6. The summed E-state index contributed by atoms with van der Waals surface area (Å²) >= 11 is 5.20. The summed E-state index contributed by atoms with van der Waals surface area (Å²) in [7, 11) is 1.99. The number of rotatable bonds is 6. The van der Waals surface area contributed by atoms with Crippen molar-refractivity contribution in [2.75, 3.05) is 13.6 Å². The lowest BCUT2D eigenvalue weighted by Crippen LogP contribution is -2.19. The predicted octanol–water partition coefficient (Wildman–Crippen LogP) is 4.82. The van der Waals surface area contributed by atoms with Crippen LogP contribution in [0.15, 0.2) is 69.4 Å². The van der Waals surface area contributed by atoms with Gasteiger partial charge in [0.1, 0.15) is 0 Å². The van der Waals surface area contributed by atoms with Crippen molar-refractivity contribution >= 4 is 33.0 Å². The second kappa shape index (κ2) is 8.42. The first-order valence-corrected chi connectivity index (χ1v) is 9.64. The first-order valence-electron chi connectivity index (χ1n) is 7.96. The fourth-order valence-electron chi connectivity index (χ4n) is 2.51. The number of thiazole rings is 1. The van der Waals surface area contributed by atoms with E-state index >= 15 is 0 Å². The third kappa shape index (κ3) is 4.23. The van der Waals surface area contributed by atoms with Gasteiger partial charge in [-0.3, -0.25) is 0 Å². The third-order valence-corrected chi connectivity index (χ3v) is 5.12. The van der Waals surface area contributed by atoms with Gasteiger partial charge in [-0.2, -0.15) is 0 Å². The Bertz CT molecular complexity index is 835. The number of benzene rings is 2. The second-order valence-electron chi connectivity index (χ2n) is 5.47. The molecule has 1 aromatic heterocycles. The number of halogens is 1. The SMILES string of the molecule is CNCCCn1c(-c2ccc(Br)cc2)cs/c1=N/c1ccccc1. The van der Waals surface area contributed by atoms with Crippen LogP contribution < -0.4 is 10.1 Å². The van der Waals surface area contributed by atoms with Crippen molar-refractivity contribution < 1.29 is 0 Å². The van der Waals surface area contributed by atoms with Gasteiger partial charge in [0, 0.05) is 16.4 Å². The highest BCUT2D eigenvalue weighted by atomic mass is 79.9. The molecule has 0 atom stereocenters.